The van der Waals surface area contributed by atoms with Crippen molar-refractivity contribution in [2.75, 3.05) is 31.2 Å². The molecule has 0 bridgehead atoms. The SMILES string of the molecule is CCCn1c(=O)cc(C)c2cnc(N(c3ccccc3)N3CCNCC3)nc21. The number of aryl methyl sites for hydroxylation is 2. The average molecular weight is 378 g/mol. The Bertz CT molecular complexity index is 1010. The first-order valence-electron chi connectivity index (χ1n) is 9.87. The van der Waals surface area contributed by atoms with E-state index in [1.54, 1.807) is 10.6 Å². The zero-order chi connectivity index (χ0) is 19.5. The van der Waals surface area contributed by atoms with Gasteiger partial charge in [0.25, 0.3) is 5.56 Å². The van der Waals surface area contributed by atoms with Crippen LogP contribution in [0.4, 0.5) is 11.6 Å². The van der Waals surface area contributed by atoms with Gasteiger partial charge in [-0.2, -0.15) is 4.98 Å². The van der Waals surface area contributed by atoms with Crippen LogP contribution in [0.2, 0.25) is 0 Å². The smallest absolute Gasteiger partial charge is 0.252 e. The number of hydrogen-bond acceptors (Lipinski definition) is 6. The number of anilines is 2. The lowest BCUT2D eigenvalue weighted by Crippen LogP contribution is -2.51. The van der Waals surface area contributed by atoms with E-state index in [0.29, 0.717) is 18.1 Å². The predicted octanol–water partition coefficient (Wildman–Crippen LogP) is 2.47. The number of nitrogens with one attached hydrogen (secondary N) is 1. The number of fused-ring (bicyclic) bond motifs is 1. The number of rotatable bonds is 5. The van der Waals surface area contributed by atoms with Gasteiger partial charge >= 0.3 is 0 Å². The first-order valence-corrected chi connectivity index (χ1v) is 9.87. The molecular weight excluding hydrogens is 352 g/mol. The molecule has 0 atom stereocenters. The number of hydrogen-bond donors (Lipinski definition) is 1. The van der Waals surface area contributed by atoms with Crippen molar-refractivity contribution in [2.45, 2.75) is 26.8 Å². The van der Waals surface area contributed by atoms with Gasteiger partial charge in [0.05, 0.1) is 5.69 Å². The fraction of sp³-hybridized carbons (Fsp3) is 0.381. The maximum Gasteiger partial charge on any atom is 0.252 e. The Kier molecular flexibility index (Phi) is 5.36. The molecule has 1 N–H and O–H groups in total. The largest absolute Gasteiger partial charge is 0.314 e. The fourth-order valence-corrected chi connectivity index (χ4v) is 3.66. The van der Waals surface area contributed by atoms with E-state index < -0.39 is 0 Å². The highest BCUT2D eigenvalue weighted by Gasteiger charge is 2.23. The zero-order valence-corrected chi connectivity index (χ0v) is 16.4. The lowest BCUT2D eigenvalue weighted by molar-refractivity contribution is 0.240. The van der Waals surface area contributed by atoms with Crippen LogP contribution in [0, 0.1) is 6.92 Å². The molecule has 0 radical (unpaired) electrons. The van der Waals surface area contributed by atoms with Gasteiger partial charge in [-0.05, 0) is 31.0 Å². The summed E-state index contributed by atoms with van der Waals surface area (Å²) >= 11 is 0. The fourth-order valence-electron chi connectivity index (χ4n) is 3.66. The maximum atomic E-state index is 12.6. The van der Waals surface area contributed by atoms with E-state index in [0.717, 1.165) is 49.2 Å². The molecule has 2 aromatic heterocycles. The van der Waals surface area contributed by atoms with Crippen LogP contribution in [0.25, 0.3) is 11.0 Å². The Morgan fingerprint density at radius 3 is 2.64 bits per heavy atom. The second-order valence-electron chi connectivity index (χ2n) is 7.08. The third kappa shape index (κ3) is 3.50. The average Bonchev–Trinajstić information content (AvgIpc) is 2.73. The molecule has 0 aliphatic carbocycles. The van der Waals surface area contributed by atoms with Crippen LogP contribution in [-0.2, 0) is 6.54 Å². The minimum atomic E-state index is -0.00932. The molecular formula is C21H26N6O. The molecule has 0 saturated carbocycles. The molecule has 7 nitrogen and oxygen atoms in total. The van der Waals surface area contributed by atoms with Crippen molar-refractivity contribution in [1.29, 1.82) is 0 Å². The summed E-state index contributed by atoms with van der Waals surface area (Å²) in [4.78, 5) is 22.1. The first kappa shape index (κ1) is 18.6. The molecule has 1 aliphatic heterocycles. The van der Waals surface area contributed by atoms with Gasteiger partial charge in [-0.25, -0.2) is 15.0 Å². The highest BCUT2D eigenvalue weighted by Crippen LogP contribution is 2.26. The number of aromatic nitrogens is 3. The zero-order valence-electron chi connectivity index (χ0n) is 16.4. The van der Waals surface area contributed by atoms with E-state index in [1.807, 2.05) is 31.3 Å². The van der Waals surface area contributed by atoms with Crippen LogP contribution in [0.3, 0.4) is 0 Å². The van der Waals surface area contributed by atoms with Gasteiger partial charge in [0.1, 0.15) is 5.65 Å². The molecule has 4 rings (SSSR count). The maximum absolute atomic E-state index is 12.6. The molecule has 28 heavy (non-hydrogen) atoms. The minimum absolute atomic E-state index is 0.00932. The van der Waals surface area contributed by atoms with Gasteiger partial charge in [0, 0.05) is 50.4 Å². The Morgan fingerprint density at radius 1 is 1.18 bits per heavy atom. The molecule has 1 aromatic carbocycles. The Hall–Kier alpha value is -2.77. The summed E-state index contributed by atoms with van der Waals surface area (Å²) in [5.74, 6) is 0.593. The summed E-state index contributed by atoms with van der Waals surface area (Å²) in [7, 11) is 0. The molecule has 3 aromatic rings. The lowest BCUT2D eigenvalue weighted by Gasteiger charge is -2.37. The molecule has 1 aliphatic rings. The number of nitrogens with zero attached hydrogens (tertiary/aromatic N) is 5. The van der Waals surface area contributed by atoms with Crippen LogP contribution in [0.5, 0.6) is 0 Å². The molecule has 0 spiro atoms. The topological polar surface area (TPSA) is 66.3 Å². The second-order valence-corrected chi connectivity index (χ2v) is 7.08. The van der Waals surface area contributed by atoms with Crippen LogP contribution in [0.15, 0.2) is 47.4 Å². The molecule has 0 amide bonds. The third-order valence-electron chi connectivity index (χ3n) is 5.06. The van der Waals surface area contributed by atoms with Crippen molar-refractivity contribution >= 4 is 22.7 Å². The van der Waals surface area contributed by atoms with Crippen molar-refractivity contribution in [3.63, 3.8) is 0 Å². The summed E-state index contributed by atoms with van der Waals surface area (Å²) in [6.45, 7) is 8.21. The Labute approximate surface area is 164 Å². The van der Waals surface area contributed by atoms with Crippen LogP contribution >= 0.6 is 0 Å². The van der Waals surface area contributed by atoms with Crippen molar-refractivity contribution in [3.8, 4) is 0 Å². The standard InChI is InChI=1S/C21H26N6O/c1-3-11-26-19(28)14-16(2)18-15-23-21(24-20(18)26)27(17-7-5-4-6-8-17)25-12-9-22-10-13-25/h4-8,14-15,22H,3,9-13H2,1-2H3. The molecule has 1 saturated heterocycles. The van der Waals surface area contributed by atoms with Gasteiger partial charge in [0.2, 0.25) is 5.95 Å². The summed E-state index contributed by atoms with van der Waals surface area (Å²) in [6, 6.07) is 11.8. The summed E-state index contributed by atoms with van der Waals surface area (Å²) < 4.78 is 1.76. The summed E-state index contributed by atoms with van der Waals surface area (Å²) in [5, 5.41) is 8.64. The van der Waals surface area contributed by atoms with Gasteiger partial charge in [0.15, 0.2) is 0 Å². The Morgan fingerprint density at radius 2 is 1.93 bits per heavy atom. The van der Waals surface area contributed by atoms with Gasteiger partial charge in [-0.3, -0.25) is 9.36 Å². The van der Waals surface area contributed by atoms with Crippen molar-refractivity contribution in [3.05, 3.63) is 58.5 Å². The molecule has 0 unspecified atom stereocenters. The number of benzene rings is 1. The molecule has 1 fully saturated rings. The van der Waals surface area contributed by atoms with Gasteiger partial charge in [-0.1, -0.05) is 25.1 Å². The second kappa shape index (κ2) is 8.08. The molecule has 146 valence electrons. The highest BCUT2D eigenvalue weighted by molar-refractivity contribution is 5.79. The number of piperazine rings is 1. The third-order valence-corrected chi connectivity index (χ3v) is 5.06. The lowest BCUT2D eigenvalue weighted by atomic mass is 10.2. The minimum Gasteiger partial charge on any atom is -0.314 e. The van der Waals surface area contributed by atoms with E-state index >= 15 is 0 Å². The van der Waals surface area contributed by atoms with E-state index in [2.05, 4.69) is 39.4 Å². The van der Waals surface area contributed by atoms with E-state index in [1.165, 1.54) is 0 Å². The highest BCUT2D eigenvalue weighted by atomic mass is 16.1. The van der Waals surface area contributed by atoms with Crippen molar-refractivity contribution < 1.29 is 0 Å². The van der Waals surface area contributed by atoms with Crippen LogP contribution < -0.4 is 15.9 Å². The molecule has 3 heterocycles. The van der Waals surface area contributed by atoms with Crippen LogP contribution in [0.1, 0.15) is 18.9 Å². The molecule has 7 heteroatoms. The van der Waals surface area contributed by atoms with Crippen molar-refractivity contribution in [1.82, 2.24) is 24.9 Å². The first-order chi connectivity index (χ1) is 13.7. The normalized spacial score (nSPS) is 15.1. The number of para-hydroxylation sites is 1. The van der Waals surface area contributed by atoms with Gasteiger partial charge < -0.3 is 5.32 Å². The summed E-state index contributed by atoms with van der Waals surface area (Å²) in [6.07, 6.45) is 2.72. The van der Waals surface area contributed by atoms with E-state index in [9.17, 15) is 4.79 Å². The number of pyridine rings is 1. The van der Waals surface area contributed by atoms with E-state index in [4.69, 9.17) is 4.98 Å². The summed E-state index contributed by atoms with van der Waals surface area (Å²) in [5.41, 5.74) is 2.62. The number of hydrazine groups is 1. The Balaban J connectivity index is 1.88. The monoisotopic (exact) mass is 378 g/mol. The van der Waals surface area contributed by atoms with Crippen molar-refractivity contribution in [2.24, 2.45) is 0 Å². The van der Waals surface area contributed by atoms with Crippen LogP contribution in [-0.4, -0.2) is 45.7 Å². The van der Waals surface area contributed by atoms with E-state index in [-0.39, 0.29) is 5.56 Å². The quantitative estimate of drug-likeness (QED) is 0.736. The van der Waals surface area contributed by atoms with Gasteiger partial charge in [-0.15, -0.1) is 0 Å². The predicted molar refractivity (Wildman–Crippen MR) is 112 cm³/mol.